The number of anilines is 4. The first-order chi connectivity index (χ1) is 19.1. The zero-order valence-corrected chi connectivity index (χ0v) is 23.2. The zero-order valence-electron chi connectivity index (χ0n) is 22.4. The van der Waals surface area contributed by atoms with Crippen molar-refractivity contribution in [1.82, 2.24) is 10.2 Å². The van der Waals surface area contributed by atoms with Crippen LogP contribution >= 0.6 is 0 Å². The van der Waals surface area contributed by atoms with Gasteiger partial charge in [-0.1, -0.05) is 24.3 Å². The number of carbonyl (C=O) groups excluding carboxylic acids is 3. The highest BCUT2D eigenvalue weighted by Crippen LogP contribution is 2.37. The average molecular weight is 562 g/mol. The molecule has 0 atom stereocenters. The normalized spacial score (nSPS) is 14.5. The largest absolute Gasteiger partial charge is 0.353 e. The Hall–Kier alpha value is -4.38. The Morgan fingerprint density at radius 1 is 0.975 bits per heavy atom. The number of rotatable bonds is 8. The van der Waals surface area contributed by atoms with E-state index in [1.54, 1.807) is 42.5 Å². The molecule has 1 saturated heterocycles. The Morgan fingerprint density at radius 3 is 2.52 bits per heavy atom. The molecule has 0 aliphatic carbocycles. The highest BCUT2D eigenvalue weighted by molar-refractivity contribution is 7.92. The molecule has 10 nitrogen and oxygen atoms in total. The minimum atomic E-state index is -3.48. The van der Waals surface area contributed by atoms with Crippen molar-refractivity contribution in [2.75, 3.05) is 47.9 Å². The van der Waals surface area contributed by atoms with Crippen molar-refractivity contribution in [3.8, 4) is 11.1 Å². The molecule has 0 bridgehead atoms. The second-order valence-corrected chi connectivity index (χ2v) is 12.0. The second kappa shape index (κ2) is 11.0. The molecule has 2 aliphatic rings. The van der Waals surface area contributed by atoms with Crippen molar-refractivity contribution in [1.29, 1.82) is 0 Å². The minimum Gasteiger partial charge on any atom is -0.353 e. The standard InChI is InChI=1S/C29H31N5O5S/c1-33(40(2,38)39)26-8-4-3-7-21(26)19-10-12-22-24(17-19)31-23-13-11-20(18-25(23)32-29(22)37)28(36)30-14-6-16-34-15-5-9-27(34)35/h3-4,7-8,10-13,17-18,31H,5-6,9,14-16H2,1-2H3,(H,30,36)(H,32,37). The van der Waals surface area contributed by atoms with Gasteiger partial charge in [-0.25, -0.2) is 8.42 Å². The maximum Gasteiger partial charge on any atom is 0.257 e. The van der Waals surface area contributed by atoms with Crippen molar-refractivity contribution >= 4 is 50.5 Å². The van der Waals surface area contributed by atoms with Crippen LogP contribution in [0.3, 0.4) is 0 Å². The second-order valence-electron chi connectivity index (χ2n) is 9.94. The molecule has 3 aromatic rings. The summed E-state index contributed by atoms with van der Waals surface area (Å²) >= 11 is 0. The van der Waals surface area contributed by atoms with Crippen molar-refractivity contribution < 1.29 is 22.8 Å². The van der Waals surface area contributed by atoms with Gasteiger partial charge in [-0.2, -0.15) is 0 Å². The molecule has 0 unspecified atom stereocenters. The first kappa shape index (κ1) is 27.2. The van der Waals surface area contributed by atoms with Gasteiger partial charge in [-0.05, 0) is 54.8 Å². The summed E-state index contributed by atoms with van der Waals surface area (Å²) in [5.41, 5.74) is 4.42. The summed E-state index contributed by atoms with van der Waals surface area (Å²) in [5, 5.41) is 9.05. The Labute approximate surface area is 233 Å². The van der Waals surface area contributed by atoms with Crippen LogP contribution in [-0.4, -0.2) is 64.0 Å². The molecule has 0 spiro atoms. The van der Waals surface area contributed by atoms with Crippen LogP contribution in [0.1, 0.15) is 40.0 Å². The lowest BCUT2D eigenvalue weighted by atomic mass is 10.0. The van der Waals surface area contributed by atoms with Crippen LogP contribution in [-0.2, 0) is 14.8 Å². The number of carbonyl (C=O) groups is 3. The molecule has 2 aliphatic heterocycles. The molecule has 11 heteroatoms. The van der Waals surface area contributed by atoms with Gasteiger partial charge in [0.2, 0.25) is 15.9 Å². The summed E-state index contributed by atoms with van der Waals surface area (Å²) in [7, 11) is -1.98. The molecule has 3 N–H and O–H groups in total. The summed E-state index contributed by atoms with van der Waals surface area (Å²) < 4.78 is 25.6. The topological polar surface area (TPSA) is 128 Å². The third kappa shape index (κ3) is 5.64. The SMILES string of the molecule is CN(c1ccccc1-c1ccc2c(c1)Nc1ccc(C(=O)NCCCN3CCCC3=O)cc1NC2=O)S(C)(=O)=O. The molecular weight excluding hydrogens is 530 g/mol. The van der Waals surface area contributed by atoms with Crippen molar-refractivity contribution in [2.24, 2.45) is 0 Å². The van der Waals surface area contributed by atoms with Gasteiger partial charge in [0, 0.05) is 44.2 Å². The number of hydrogen-bond donors (Lipinski definition) is 3. The summed E-state index contributed by atoms with van der Waals surface area (Å²) in [5.74, 6) is -0.429. The number of fused-ring (bicyclic) bond motifs is 2. The first-order valence-corrected chi connectivity index (χ1v) is 14.9. The van der Waals surface area contributed by atoms with Gasteiger partial charge >= 0.3 is 0 Å². The third-order valence-electron chi connectivity index (χ3n) is 7.18. The molecule has 2 heterocycles. The van der Waals surface area contributed by atoms with Crippen LogP contribution < -0.4 is 20.3 Å². The molecule has 40 heavy (non-hydrogen) atoms. The van der Waals surface area contributed by atoms with Crippen LogP contribution in [0.5, 0.6) is 0 Å². The van der Waals surface area contributed by atoms with Crippen molar-refractivity contribution in [2.45, 2.75) is 19.3 Å². The Bertz CT molecular complexity index is 1600. The molecule has 3 amide bonds. The van der Waals surface area contributed by atoms with E-state index in [9.17, 15) is 22.8 Å². The Balaban J connectivity index is 1.34. The van der Waals surface area contributed by atoms with Gasteiger partial charge in [-0.15, -0.1) is 0 Å². The van der Waals surface area contributed by atoms with Crippen molar-refractivity contribution in [3.05, 3.63) is 71.8 Å². The molecule has 0 saturated carbocycles. The van der Waals surface area contributed by atoms with Gasteiger partial charge < -0.3 is 20.9 Å². The van der Waals surface area contributed by atoms with E-state index in [2.05, 4.69) is 16.0 Å². The first-order valence-electron chi connectivity index (χ1n) is 13.1. The maximum absolute atomic E-state index is 13.1. The van der Waals surface area contributed by atoms with Gasteiger partial charge in [0.1, 0.15) is 0 Å². The predicted molar refractivity (Wildman–Crippen MR) is 156 cm³/mol. The number of sulfonamides is 1. The fourth-order valence-electron chi connectivity index (χ4n) is 4.93. The summed E-state index contributed by atoms with van der Waals surface area (Å²) in [6, 6.07) is 17.5. The molecule has 0 radical (unpaired) electrons. The fraction of sp³-hybridized carbons (Fsp3) is 0.276. The average Bonchev–Trinajstić information content (AvgIpc) is 3.28. The van der Waals surface area contributed by atoms with E-state index in [4.69, 9.17) is 0 Å². The highest BCUT2D eigenvalue weighted by atomic mass is 32.2. The van der Waals surface area contributed by atoms with Gasteiger partial charge in [0.25, 0.3) is 11.8 Å². The predicted octanol–water partition coefficient (Wildman–Crippen LogP) is 3.80. The Morgan fingerprint density at radius 2 is 1.77 bits per heavy atom. The van der Waals surface area contributed by atoms with E-state index in [1.165, 1.54) is 11.4 Å². The lowest BCUT2D eigenvalue weighted by molar-refractivity contribution is -0.127. The highest BCUT2D eigenvalue weighted by Gasteiger charge is 2.23. The number of benzene rings is 3. The van der Waals surface area contributed by atoms with Crippen LogP contribution in [0.4, 0.5) is 22.7 Å². The van der Waals surface area contributed by atoms with Crippen LogP contribution in [0.15, 0.2) is 60.7 Å². The third-order valence-corrected chi connectivity index (χ3v) is 8.37. The molecular formula is C29H31N5O5S. The smallest absolute Gasteiger partial charge is 0.257 e. The van der Waals surface area contributed by atoms with Crippen LogP contribution in [0, 0.1) is 0 Å². The summed E-state index contributed by atoms with van der Waals surface area (Å²) in [4.78, 5) is 39.4. The fourth-order valence-corrected chi connectivity index (χ4v) is 5.45. The summed E-state index contributed by atoms with van der Waals surface area (Å²) in [6.07, 6.45) is 3.30. The van der Waals surface area contributed by atoms with Crippen LogP contribution in [0.25, 0.3) is 11.1 Å². The molecule has 3 aromatic carbocycles. The molecule has 1 fully saturated rings. The maximum atomic E-state index is 13.1. The van der Waals surface area contributed by atoms with E-state index in [1.807, 2.05) is 23.1 Å². The van der Waals surface area contributed by atoms with Gasteiger partial charge in [-0.3, -0.25) is 18.7 Å². The van der Waals surface area contributed by atoms with E-state index in [0.717, 1.165) is 24.8 Å². The van der Waals surface area contributed by atoms with E-state index in [-0.39, 0.29) is 17.7 Å². The monoisotopic (exact) mass is 561 g/mol. The number of likely N-dealkylation sites (tertiary alicyclic amines) is 1. The Kier molecular flexibility index (Phi) is 7.49. The molecule has 208 valence electrons. The number of amides is 3. The van der Waals surface area contributed by atoms with E-state index < -0.39 is 10.0 Å². The number of nitrogens with zero attached hydrogens (tertiary/aromatic N) is 2. The molecule has 5 rings (SSSR count). The lowest BCUT2D eigenvalue weighted by Crippen LogP contribution is -2.30. The number of para-hydroxylation sites is 1. The van der Waals surface area contributed by atoms with E-state index in [0.29, 0.717) is 65.4 Å². The number of nitrogens with one attached hydrogen (secondary N) is 3. The van der Waals surface area contributed by atoms with Crippen molar-refractivity contribution in [3.63, 3.8) is 0 Å². The number of hydrogen-bond acceptors (Lipinski definition) is 6. The minimum absolute atomic E-state index is 0.166. The van der Waals surface area contributed by atoms with Gasteiger partial charge in [0.05, 0.1) is 34.6 Å². The van der Waals surface area contributed by atoms with E-state index >= 15 is 0 Å². The lowest BCUT2D eigenvalue weighted by Gasteiger charge is -2.21. The summed E-state index contributed by atoms with van der Waals surface area (Å²) in [6.45, 7) is 1.84. The van der Waals surface area contributed by atoms with Crippen LogP contribution in [0.2, 0.25) is 0 Å². The zero-order chi connectivity index (χ0) is 28.4. The molecule has 0 aromatic heterocycles. The quantitative estimate of drug-likeness (QED) is 0.359. The van der Waals surface area contributed by atoms with Gasteiger partial charge in [0.15, 0.2) is 0 Å².